The summed E-state index contributed by atoms with van der Waals surface area (Å²) in [5.41, 5.74) is 1.39. The van der Waals surface area contributed by atoms with Crippen LogP contribution in [0.5, 0.6) is 11.5 Å². The number of rotatable bonds is 7. The first-order chi connectivity index (χ1) is 13.8. The van der Waals surface area contributed by atoms with Gasteiger partial charge in [0.05, 0.1) is 16.2 Å². The van der Waals surface area contributed by atoms with Crippen LogP contribution in [0.3, 0.4) is 0 Å². The molecule has 0 unspecified atom stereocenters. The van der Waals surface area contributed by atoms with Gasteiger partial charge in [0.1, 0.15) is 5.75 Å². The van der Waals surface area contributed by atoms with Crippen LogP contribution < -0.4 is 4.74 Å². The van der Waals surface area contributed by atoms with E-state index in [2.05, 4.69) is 0 Å². The van der Waals surface area contributed by atoms with Gasteiger partial charge in [-0.15, -0.1) is 0 Å². The molecule has 0 aliphatic rings. The molecule has 3 rings (SSSR count). The van der Waals surface area contributed by atoms with Crippen molar-refractivity contribution in [2.24, 2.45) is 0 Å². The number of carboxylic acid groups (broad SMARTS) is 1. The molecule has 3 aromatic rings. The lowest BCUT2D eigenvalue weighted by Gasteiger charge is -2.11. The third-order valence-electron chi connectivity index (χ3n) is 4.28. The summed E-state index contributed by atoms with van der Waals surface area (Å²) in [5, 5.41) is 9.00. The van der Waals surface area contributed by atoms with E-state index in [9.17, 15) is 17.6 Å². The van der Waals surface area contributed by atoms with Crippen molar-refractivity contribution < 1.29 is 27.4 Å². The Hall–Kier alpha value is -3.19. The molecule has 3 aromatic carbocycles. The Morgan fingerprint density at radius 2 is 1.66 bits per heavy atom. The average molecular weight is 414 g/mol. The Kier molecular flexibility index (Phi) is 5.98. The van der Waals surface area contributed by atoms with Crippen molar-refractivity contribution in [1.29, 1.82) is 0 Å². The standard InChI is InChI=1S/C22H19FO5S/c1-2-15-10-16(13-22(24)25)12-17(11-15)28-21-9-8-19(14-20(21)23)29(26,27)18-6-4-3-5-7-18/h3-12,14H,2,13H2,1H3,(H,24,25). The minimum atomic E-state index is -3.84. The lowest BCUT2D eigenvalue weighted by molar-refractivity contribution is -0.136. The third-order valence-corrected chi connectivity index (χ3v) is 6.05. The number of aliphatic carboxylic acids is 1. The normalized spacial score (nSPS) is 11.2. The Morgan fingerprint density at radius 3 is 2.28 bits per heavy atom. The van der Waals surface area contributed by atoms with E-state index < -0.39 is 21.6 Å². The average Bonchev–Trinajstić information content (AvgIpc) is 2.69. The van der Waals surface area contributed by atoms with Gasteiger partial charge in [-0.1, -0.05) is 31.2 Å². The first kappa shape index (κ1) is 20.5. The highest BCUT2D eigenvalue weighted by molar-refractivity contribution is 7.91. The molecule has 0 radical (unpaired) electrons. The van der Waals surface area contributed by atoms with Gasteiger partial charge in [0.2, 0.25) is 9.84 Å². The monoisotopic (exact) mass is 414 g/mol. The van der Waals surface area contributed by atoms with Gasteiger partial charge in [0, 0.05) is 0 Å². The van der Waals surface area contributed by atoms with E-state index in [0.29, 0.717) is 12.0 Å². The highest BCUT2D eigenvalue weighted by Crippen LogP contribution is 2.30. The summed E-state index contributed by atoms with van der Waals surface area (Å²) in [7, 11) is -3.84. The molecule has 0 aliphatic heterocycles. The molecular weight excluding hydrogens is 395 g/mol. The zero-order valence-electron chi connectivity index (χ0n) is 15.6. The van der Waals surface area contributed by atoms with Crippen molar-refractivity contribution in [2.45, 2.75) is 29.6 Å². The molecule has 0 amide bonds. The molecular formula is C22H19FO5S. The molecule has 150 valence electrons. The molecule has 0 aliphatic carbocycles. The van der Waals surface area contributed by atoms with Crippen molar-refractivity contribution >= 4 is 15.8 Å². The first-order valence-electron chi connectivity index (χ1n) is 8.92. The van der Waals surface area contributed by atoms with E-state index >= 15 is 0 Å². The van der Waals surface area contributed by atoms with Crippen molar-refractivity contribution in [3.8, 4) is 11.5 Å². The van der Waals surface area contributed by atoms with Crippen LogP contribution in [0.15, 0.2) is 76.5 Å². The third kappa shape index (κ3) is 4.81. The first-order valence-corrected chi connectivity index (χ1v) is 10.4. The second-order valence-electron chi connectivity index (χ2n) is 6.42. The number of hydrogen-bond donors (Lipinski definition) is 1. The van der Waals surface area contributed by atoms with E-state index in [1.54, 1.807) is 30.3 Å². The fourth-order valence-electron chi connectivity index (χ4n) is 2.86. The van der Waals surface area contributed by atoms with E-state index in [0.717, 1.165) is 11.6 Å². The van der Waals surface area contributed by atoms with E-state index in [1.165, 1.54) is 30.3 Å². The summed E-state index contributed by atoms with van der Waals surface area (Å²) >= 11 is 0. The summed E-state index contributed by atoms with van der Waals surface area (Å²) in [6.45, 7) is 1.91. The molecule has 29 heavy (non-hydrogen) atoms. The van der Waals surface area contributed by atoms with Crippen molar-refractivity contribution in [3.05, 3.63) is 83.7 Å². The maximum Gasteiger partial charge on any atom is 0.307 e. The SMILES string of the molecule is CCc1cc(CC(=O)O)cc(Oc2ccc(S(=O)(=O)c3ccccc3)cc2F)c1. The van der Waals surface area contributed by atoms with Crippen LogP contribution in [0.25, 0.3) is 0 Å². The maximum atomic E-state index is 14.6. The second kappa shape index (κ2) is 8.45. The number of carbonyl (C=O) groups is 1. The van der Waals surface area contributed by atoms with Gasteiger partial charge >= 0.3 is 5.97 Å². The Morgan fingerprint density at radius 1 is 0.966 bits per heavy atom. The van der Waals surface area contributed by atoms with Crippen LogP contribution in [-0.2, 0) is 27.5 Å². The summed E-state index contributed by atoms with van der Waals surface area (Å²) in [4.78, 5) is 10.9. The van der Waals surface area contributed by atoms with E-state index in [1.807, 2.05) is 6.92 Å². The smallest absolute Gasteiger partial charge is 0.307 e. The predicted octanol–water partition coefficient (Wildman–Crippen LogP) is 4.64. The summed E-state index contributed by atoms with van der Waals surface area (Å²) in [6, 6.07) is 16.2. The number of hydrogen-bond acceptors (Lipinski definition) is 4. The fourth-order valence-corrected chi connectivity index (χ4v) is 4.16. The Bertz CT molecular complexity index is 1140. The fraction of sp³-hybridized carbons (Fsp3) is 0.136. The van der Waals surface area contributed by atoms with Gasteiger partial charge in [0.25, 0.3) is 0 Å². The van der Waals surface area contributed by atoms with Crippen LogP contribution >= 0.6 is 0 Å². The molecule has 7 heteroatoms. The molecule has 5 nitrogen and oxygen atoms in total. The van der Waals surface area contributed by atoms with Crippen LogP contribution in [0.1, 0.15) is 18.1 Å². The molecule has 0 atom stereocenters. The van der Waals surface area contributed by atoms with Crippen molar-refractivity contribution in [2.75, 3.05) is 0 Å². The summed E-state index contributed by atoms with van der Waals surface area (Å²) < 4.78 is 45.4. The maximum absolute atomic E-state index is 14.6. The number of benzene rings is 3. The highest BCUT2D eigenvalue weighted by atomic mass is 32.2. The largest absolute Gasteiger partial charge is 0.481 e. The summed E-state index contributed by atoms with van der Waals surface area (Å²) in [6.07, 6.45) is 0.474. The minimum absolute atomic E-state index is 0.0713. The summed E-state index contributed by atoms with van der Waals surface area (Å²) in [5.74, 6) is -1.67. The van der Waals surface area contributed by atoms with Gasteiger partial charge in [-0.2, -0.15) is 0 Å². The van der Waals surface area contributed by atoms with Gasteiger partial charge in [-0.3, -0.25) is 4.79 Å². The van der Waals surface area contributed by atoms with E-state index in [4.69, 9.17) is 9.84 Å². The lowest BCUT2D eigenvalue weighted by Crippen LogP contribution is -2.03. The second-order valence-corrected chi connectivity index (χ2v) is 8.37. The molecule has 0 heterocycles. The van der Waals surface area contributed by atoms with Gasteiger partial charge in [-0.25, -0.2) is 12.8 Å². The van der Waals surface area contributed by atoms with Crippen molar-refractivity contribution in [1.82, 2.24) is 0 Å². The number of sulfone groups is 1. The van der Waals surface area contributed by atoms with Crippen LogP contribution in [0, 0.1) is 5.82 Å². The van der Waals surface area contributed by atoms with Crippen LogP contribution in [0.2, 0.25) is 0 Å². The quantitative estimate of drug-likeness (QED) is 0.609. The van der Waals surface area contributed by atoms with E-state index in [-0.39, 0.29) is 27.7 Å². The molecule has 1 N–H and O–H groups in total. The Labute approximate surface area is 168 Å². The predicted molar refractivity (Wildman–Crippen MR) is 106 cm³/mol. The molecule has 0 saturated carbocycles. The number of ether oxygens (including phenoxy) is 1. The zero-order chi connectivity index (χ0) is 21.0. The number of halogens is 1. The van der Waals surface area contributed by atoms with Crippen LogP contribution in [-0.4, -0.2) is 19.5 Å². The number of carboxylic acids is 1. The number of aryl methyl sites for hydroxylation is 1. The Balaban J connectivity index is 1.91. The molecule has 0 bridgehead atoms. The van der Waals surface area contributed by atoms with Crippen molar-refractivity contribution in [3.63, 3.8) is 0 Å². The van der Waals surface area contributed by atoms with Crippen LogP contribution in [0.4, 0.5) is 4.39 Å². The molecule has 0 spiro atoms. The topological polar surface area (TPSA) is 80.7 Å². The highest BCUT2D eigenvalue weighted by Gasteiger charge is 2.19. The molecule has 0 fully saturated rings. The van der Waals surface area contributed by atoms with Gasteiger partial charge in [-0.05, 0) is 60.0 Å². The minimum Gasteiger partial charge on any atom is -0.481 e. The lowest BCUT2D eigenvalue weighted by atomic mass is 10.1. The molecule has 0 aromatic heterocycles. The molecule has 0 saturated heterocycles. The van der Waals surface area contributed by atoms with Gasteiger partial charge < -0.3 is 9.84 Å². The zero-order valence-corrected chi connectivity index (χ0v) is 16.4. The van der Waals surface area contributed by atoms with Gasteiger partial charge in [0.15, 0.2) is 11.6 Å².